The second kappa shape index (κ2) is 6.55. The van der Waals surface area contributed by atoms with Crippen LogP contribution in [-0.2, 0) is 16.4 Å². The summed E-state index contributed by atoms with van der Waals surface area (Å²) in [6.45, 7) is 7.19. The quantitative estimate of drug-likeness (QED) is 0.781. The summed E-state index contributed by atoms with van der Waals surface area (Å²) in [6, 6.07) is 7.35. The molecule has 1 aromatic rings. The fourth-order valence-electron chi connectivity index (χ4n) is 2.40. The van der Waals surface area contributed by atoms with Crippen LogP contribution >= 0.6 is 0 Å². The molecule has 1 aliphatic rings. The Hall–Kier alpha value is -1.13. The van der Waals surface area contributed by atoms with E-state index < -0.39 is 10.0 Å². The average molecular weight is 293 g/mol. The van der Waals surface area contributed by atoms with Crippen LogP contribution in [0.15, 0.2) is 41.3 Å². The summed E-state index contributed by atoms with van der Waals surface area (Å²) in [5, 5.41) is 0. The van der Waals surface area contributed by atoms with Gasteiger partial charge in [-0.25, -0.2) is 8.42 Å². The molecule has 0 atom stereocenters. The van der Waals surface area contributed by atoms with Crippen molar-refractivity contribution >= 4 is 10.0 Å². The Morgan fingerprint density at radius 3 is 2.30 bits per heavy atom. The molecule has 0 N–H and O–H groups in total. The van der Waals surface area contributed by atoms with Gasteiger partial charge < -0.3 is 0 Å². The minimum Gasteiger partial charge on any atom is -0.207 e. The second-order valence-corrected chi connectivity index (χ2v) is 7.34. The van der Waals surface area contributed by atoms with Gasteiger partial charge in [0.2, 0.25) is 10.0 Å². The van der Waals surface area contributed by atoms with Crippen molar-refractivity contribution in [1.82, 2.24) is 4.31 Å². The third-order valence-corrected chi connectivity index (χ3v) is 5.72. The van der Waals surface area contributed by atoms with E-state index in [1.54, 1.807) is 16.4 Å². The molecule has 0 amide bonds. The highest BCUT2D eigenvalue weighted by molar-refractivity contribution is 7.89. The largest absolute Gasteiger partial charge is 0.243 e. The molecule has 3 nitrogen and oxygen atoms in total. The molecule has 0 unspecified atom stereocenters. The molecule has 1 fully saturated rings. The lowest BCUT2D eigenvalue weighted by Crippen LogP contribution is -2.36. The number of piperidine rings is 1. The Labute approximate surface area is 122 Å². The Morgan fingerprint density at radius 1 is 1.15 bits per heavy atom. The highest BCUT2D eigenvalue weighted by atomic mass is 32.2. The third kappa shape index (κ3) is 3.49. The van der Waals surface area contributed by atoms with Gasteiger partial charge >= 0.3 is 0 Å². The molecule has 1 aromatic carbocycles. The topological polar surface area (TPSA) is 37.4 Å². The van der Waals surface area contributed by atoms with E-state index >= 15 is 0 Å². The van der Waals surface area contributed by atoms with Crippen molar-refractivity contribution < 1.29 is 8.42 Å². The number of unbranched alkanes of at least 4 members (excludes halogenated alkanes) is 1. The van der Waals surface area contributed by atoms with Crippen molar-refractivity contribution in [3.05, 3.63) is 42.0 Å². The third-order valence-electron chi connectivity index (χ3n) is 3.81. The maximum absolute atomic E-state index is 12.5. The van der Waals surface area contributed by atoms with E-state index in [9.17, 15) is 8.42 Å². The van der Waals surface area contributed by atoms with Gasteiger partial charge in [-0.05, 0) is 43.4 Å². The van der Waals surface area contributed by atoms with E-state index in [1.165, 1.54) is 5.56 Å². The number of aryl methyl sites for hydroxylation is 1. The minimum atomic E-state index is -3.33. The average Bonchev–Trinajstić information content (AvgIpc) is 2.46. The summed E-state index contributed by atoms with van der Waals surface area (Å²) in [4.78, 5) is 0.408. The Morgan fingerprint density at radius 2 is 1.75 bits per heavy atom. The first-order valence-corrected chi connectivity index (χ1v) is 8.74. The molecule has 0 aromatic heterocycles. The van der Waals surface area contributed by atoms with Crippen molar-refractivity contribution in [3.63, 3.8) is 0 Å². The van der Waals surface area contributed by atoms with Gasteiger partial charge in [0.1, 0.15) is 0 Å². The second-order valence-electron chi connectivity index (χ2n) is 5.40. The fourth-order valence-corrected chi connectivity index (χ4v) is 3.84. The molecule has 0 bridgehead atoms. The molecule has 20 heavy (non-hydrogen) atoms. The molecule has 1 aliphatic heterocycles. The van der Waals surface area contributed by atoms with Crippen LogP contribution < -0.4 is 0 Å². The standard InChI is InChI=1S/C16H23NO2S/c1-3-4-5-15-6-8-16(9-7-15)20(18,19)17-12-10-14(2)11-13-17/h6-9H,2-5,10-13H2,1H3. The zero-order chi connectivity index (χ0) is 14.6. The maximum Gasteiger partial charge on any atom is 0.243 e. The zero-order valence-corrected chi connectivity index (χ0v) is 13.0. The SMILES string of the molecule is C=C1CCN(S(=O)(=O)c2ccc(CCCC)cc2)CC1. The smallest absolute Gasteiger partial charge is 0.207 e. The molecule has 110 valence electrons. The minimum absolute atomic E-state index is 0.408. The molecule has 0 aliphatic carbocycles. The number of rotatable bonds is 5. The lowest BCUT2D eigenvalue weighted by Gasteiger charge is -2.27. The number of nitrogens with zero attached hydrogens (tertiary/aromatic N) is 1. The number of benzene rings is 1. The van der Waals surface area contributed by atoms with Crippen molar-refractivity contribution in [2.75, 3.05) is 13.1 Å². The summed E-state index contributed by atoms with van der Waals surface area (Å²) in [6.07, 6.45) is 4.85. The summed E-state index contributed by atoms with van der Waals surface area (Å²) >= 11 is 0. The Bertz CT molecular complexity index is 551. The van der Waals surface area contributed by atoms with Gasteiger partial charge in [-0.15, -0.1) is 0 Å². The van der Waals surface area contributed by atoms with Gasteiger partial charge in [0.05, 0.1) is 4.90 Å². The summed E-state index contributed by atoms with van der Waals surface area (Å²) < 4.78 is 26.6. The van der Waals surface area contributed by atoms with E-state index in [2.05, 4.69) is 13.5 Å². The van der Waals surface area contributed by atoms with Gasteiger partial charge in [-0.2, -0.15) is 4.31 Å². The number of hydrogen-bond acceptors (Lipinski definition) is 2. The van der Waals surface area contributed by atoms with Crippen LogP contribution in [0.5, 0.6) is 0 Å². The normalized spacial score (nSPS) is 17.4. The number of hydrogen-bond donors (Lipinski definition) is 0. The molecule has 0 saturated carbocycles. The molecule has 4 heteroatoms. The fraction of sp³-hybridized carbons (Fsp3) is 0.500. The lowest BCUT2D eigenvalue weighted by atomic mass is 10.1. The maximum atomic E-state index is 12.5. The van der Waals surface area contributed by atoms with E-state index in [0.717, 1.165) is 37.7 Å². The first-order chi connectivity index (χ1) is 9.54. The Balaban J connectivity index is 2.11. The van der Waals surface area contributed by atoms with Crippen LogP contribution in [-0.4, -0.2) is 25.8 Å². The van der Waals surface area contributed by atoms with Gasteiger partial charge in [-0.1, -0.05) is 37.6 Å². The van der Waals surface area contributed by atoms with Crippen LogP contribution in [0, 0.1) is 0 Å². The summed E-state index contributed by atoms with van der Waals surface area (Å²) in [5.41, 5.74) is 2.35. The van der Waals surface area contributed by atoms with Crippen molar-refractivity contribution in [2.24, 2.45) is 0 Å². The highest BCUT2D eigenvalue weighted by Gasteiger charge is 2.26. The first kappa shape index (κ1) is 15.3. The lowest BCUT2D eigenvalue weighted by molar-refractivity contribution is 0.387. The van der Waals surface area contributed by atoms with Gasteiger partial charge in [0.15, 0.2) is 0 Å². The van der Waals surface area contributed by atoms with Gasteiger partial charge in [0.25, 0.3) is 0 Å². The van der Waals surface area contributed by atoms with Crippen LogP contribution in [0.2, 0.25) is 0 Å². The molecule has 0 radical (unpaired) electrons. The highest BCUT2D eigenvalue weighted by Crippen LogP contribution is 2.22. The Kier molecular flexibility index (Phi) is 5.00. The molecule has 2 rings (SSSR count). The predicted octanol–water partition coefficient (Wildman–Crippen LogP) is 3.37. The molecular weight excluding hydrogens is 270 g/mol. The first-order valence-electron chi connectivity index (χ1n) is 7.30. The number of sulfonamides is 1. The van der Waals surface area contributed by atoms with Crippen LogP contribution in [0.25, 0.3) is 0 Å². The summed E-state index contributed by atoms with van der Waals surface area (Å²) in [5.74, 6) is 0. The van der Waals surface area contributed by atoms with Gasteiger partial charge in [0, 0.05) is 13.1 Å². The zero-order valence-electron chi connectivity index (χ0n) is 12.1. The van der Waals surface area contributed by atoms with E-state index in [0.29, 0.717) is 18.0 Å². The van der Waals surface area contributed by atoms with Crippen molar-refractivity contribution in [2.45, 2.75) is 43.9 Å². The predicted molar refractivity (Wildman–Crippen MR) is 82.2 cm³/mol. The van der Waals surface area contributed by atoms with E-state index in [1.807, 2.05) is 12.1 Å². The molecular formula is C16H23NO2S. The molecule has 0 spiro atoms. The van der Waals surface area contributed by atoms with Crippen LogP contribution in [0.1, 0.15) is 38.2 Å². The van der Waals surface area contributed by atoms with E-state index in [4.69, 9.17) is 0 Å². The summed E-state index contributed by atoms with van der Waals surface area (Å²) in [7, 11) is -3.33. The van der Waals surface area contributed by atoms with Crippen LogP contribution in [0.3, 0.4) is 0 Å². The van der Waals surface area contributed by atoms with Gasteiger partial charge in [-0.3, -0.25) is 0 Å². The molecule has 1 heterocycles. The van der Waals surface area contributed by atoms with Crippen molar-refractivity contribution in [3.8, 4) is 0 Å². The van der Waals surface area contributed by atoms with Crippen LogP contribution in [0.4, 0.5) is 0 Å². The van der Waals surface area contributed by atoms with Crippen molar-refractivity contribution in [1.29, 1.82) is 0 Å². The molecule has 1 saturated heterocycles. The van der Waals surface area contributed by atoms with E-state index in [-0.39, 0.29) is 0 Å². The monoisotopic (exact) mass is 293 g/mol.